The normalized spacial score (nSPS) is 11.4. The molecule has 0 spiro atoms. The summed E-state index contributed by atoms with van der Waals surface area (Å²) < 4.78 is 5.51. The zero-order valence-electron chi connectivity index (χ0n) is 10.6. The number of hydrogen-bond acceptors (Lipinski definition) is 5. The van der Waals surface area contributed by atoms with Gasteiger partial charge in [-0.05, 0) is 25.4 Å². The van der Waals surface area contributed by atoms with Crippen molar-refractivity contribution in [1.82, 2.24) is 19.9 Å². The van der Waals surface area contributed by atoms with Gasteiger partial charge in [0.15, 0.2) is 11.5 Å². The average Bonchev–Trinajstić information content (AvgIpc) is 2.74. The number of H-pyrrole nitrogens is 1. The van der Waals surface area contributed by atoms with Gasteiger partial charge in [0.1, 0.15) is 5.52 Å². The van der Waals surface area contributed by atoms with E-state index in [0.29, 0.717) is 12.3 Å². The molecule has 0 aliphatic heterocycles. The zero-order valence-corrected chi connectivity index (χ0v) is 11.4. The highest BCUT2D eigenvalue weighted by molar-refractivity contribution is 6.28. The number of ether oxygens (including phenoxy) is 1. The van der Waals surface area contributed by atoms with Crippen LogP contribution in [0, 0.1) is 0 Å². The molecule has 1 N–H and O–H groups in total. The van der Waals surface area contributed by atoms with E-state index in [2.05, 4.69) is 19.9 Å². The van der Waals surface area contributed by atoms with Gasteiger partial charge < -0.3 is 14.6 Å². The number of nitrogens with zero attached hydrogens (tertiary/aromatic N) is 4. The highest BCUT2D eigenvalue weighted by Gasteiger charge is 2.12. The number of halogens is 1. The summed E-state index contributed by atoms with van der Waals surface area (Å²) in [6.07, 6.45) is 1.80. The second-order valence-corrected chi connectivity index (χ2v) is 4.60. The van der Waals surface area contributed by atoms with Crippen molar-refractivity contribution in [2.75, 3.05) is 25.1 Å². The van der Waals surface area contributed by atoms with Gasteiger partial charge in [-0.25, -0.2) is 4.98 Å². The van der Waals surface area contributed by atoms with Crippen molar-refractivity contribution in [3.05, 3.63) is 11.6 Å². The first kappa shape index (κ1) is 13.0. The smallest absolute Gasteiger partial charge is 0.226 e. The molecule has 2 aromatic heterocycles. The molecule has 0 saturated heterocycles. The lowest BCUT2D eigenvalue weighted by molar-refractivity contribution is 0.0845. The Balaban J connectivity index is 2.16. The van der Waals surface area contributed by atoms with Crippen LogP contribution in [0.3, 0.4) is 0 Å². The number of nitrogens with one attached hydrogen (secondary N) is 1. The van der Waals surface area contributed by atoms with Crippen molar-refractivity contribution in [2.45, 2.75) is 20.0 Å². The van der Waals surface area contributed by atoms with Crippen LogP contribution < -0.4 is 4.90 Å². The number of fused-ring (bicyclic) bond motifs is 1. The Morgan fingerprint density at radius 1 is 1.44 bits per heavy atom. The summed E-state index contributed by atoms with van der Waals surface area (Å²) >= 11 is 5.88. The van der Waals surface area contributed by atoms with Crippen LogP contribution in [0.25, 0.3) is 11.2 Å². The molecule has 0 fully saturated rings. The van der Waals surface area contributed by atoms with Gasteiger partial charge in [0, 0.05) is 13.6 Å². The summed E-state index contributed by atoms with van der Waals surface area (Å²) in [7, 11) is 1.93. The molecule has 0 saturated carbocycles. The first-order chi connectivity index (χ1) is 8.58. The van der Waals surface area contributed by atoms with E-state index in [1.807, 2.05) is 25.8 Å². The summed E-state index contributed by atoms with van der Waals surface area (Å²) in [5.74, 6) is 0.731. The fourth-order valence-electron chi connectivity index (χ4n) is 1.60. The molecule has 6 nitrogen and oxygen atoms in total. The van der Waals surface area contributed by atoms with Crippen LogP contribution in [0.15, 0.2) is 6.33 Å². The quantitative estimate of drug-likeness (QED) is 0.840. The number of aromatic amines is 1. The van der Waals surface area contributed by atoms with Crippen LogP contribution >= 0.6 is 11.6 Å². The van der Waals surface area contributed by atoms with Gasteiger partial charge in [-0.1, -0.05) is 0 Å². The highest BCUT2D eigenvalue weighted by atomic mass is 35.5. The maximum Gasteiger partial charge on any atom is 0.226 e. The molecule has 0 atom stereocenters. The van der Waals surface area contributed by atoms with Gasteiger partial charge in [-0.3, -0.25) is 0 Å². The summed E-state index contributed by atoms with van der Waals surface area (Å²) in [6, 6.07) is 0. The second-order valence-electron chi connectivity index (χ2n) is 4.26. The van der Waals surface area contributed by atoms with Crippen molar-refractivity contribution in [3.8, 4) is 0 Å². The van der Waals surface area contributed by atoms with E-state index in [4.69, 9.17) is 16.3 Å². The lowest BCUT2D eigenvalue weighted by Gasteiger charge is -2.19. The number of likely N-dealkylation sites (N-methyl/N-ethyl adjacent to an activating group) is 1. The van der Waals surface area contributed by atoms with Crippen LogP contribution in [0.2, 0.25) is 5.28 Å². The van der Waals surface area contributed by atoms with E-state index >= 15 is 0 Å². The number of hydrogen-bond donors (Lipinski definition) is 1. The Labute approximate surface area is 110 Å². The lowest BCUT2D eigenvalue weighted by Crippen LogP contribution is -2.25. The summed E-state index contributed by atoms with van der Waals surface area (Å²) in [5, 5.41) is 0.196. The molecular weight excluding hydrogens is 254 g/mol. The predicted octanol–water partition coefficient (Wildman–Crippen LogP) is 1.87. The van der Waals surface area contributed by atoms with Crippen LogP contribution in [0.5, 0.6) is 0 Å². The van der Waals surface area contributed by atoms with Crippen LogP contribution in [-0.4, -0.2) is 46.2 Å². The Morgan fingerprint density at radius 3 is 2.94 bits per heavy atom. The molecule has 0 aliphatic rings. The third-order valence-corrected chi connectivity index (χ3v) is 2.65. The molecule has 0 aliphatic carbocycles. The van der Waals surface area contributed by atoms with Gasteiger partial charge in [0.05, 0.1) is 19.0 Å². The molecular formula is C11H16ClN5O. The molecule has 2 aromatic rings. The van der Waals surface area contributed by atoms with Crippen molar-refractivity contribution >= 4 is 28.6 Å². The van der Waals surface area contributed by atoms with E-state index in [1.165, 1.54) is 0 Å². The van der Waals surface area contributed by atoms with Gasteiger partial charge in [-0.2, -0.15) is 9.97 Å². The third kappa shape index (κ3) is 2.88. The van der Waals surface area contributed by atoms with Crippen molar-refractivity contribution in [3.63, 3.8) is 0 Å². The Kier molecular flexibility index (Phi) is 3.98. The Bertz CT molecular complexity index is 527. The van der Waals surface area contributed by atoms with E-state index in [1.54, 1.807) is 6.33 Å². The molecule has 2 heterocycles. The van der Waals surface area contributed by atoms with Crippen molar-refractivity contribution in [1.29, 1.82) is 0 Å². The minimum atomic E-state index is 0.196. The Hall–Kier alpha value is -1.40. The molecule has 0 bridgehead atoms. The standard InChI is InChI=1S/C11H16ClN5O/c1-7(2)18-5-4-17(3)10-8-9(14-6-13-8)15-11(12)16-10/h6-7H,4-5H2,1-3H3,(H,13,14,15,16). The number of imidazole rings is 1. The molecule has 0 amide bonds. The predicted molar refractivity (Wildman–Crippen MR) is 71.1 cm³/mol. The van der Waals surface area contributed by atoms with Gasteiger partial charge >= 0.3 is 0 Å². The maximum atomic E-state index is 5.88. The molecule has 7 heteroatoms. The number of rotatable bonds is 5. The van der Waals surface area contributed by atoms with Crippen molar-refractivity contribution < 1.29 is 4.74 Å². The Morgan fingerprint density at radius 2 is 2.22 bits per heavy atom. The molecule has 0 aromatic carbocycles. The van der Waals surface area contributed by atoms with Crippen LogP contribution in [0.4, 0.5) is 5.82 Å². The minimum absolute atomic E-state index is 0.196. The average molecular weight is 270 g/mol. The fraction of sp³-hybridized carbons (Fsp3) is 0.545. The van der Waals surface area contributed by atoms with E-state index in [-0.39, 0.29) is 11.4 Å². The topological polar surface area (TPSA) is 66.9 Å². The molecule has 0 unspecified atom stereocenters. The SMILES string of the molecule is CC(C)OCCN(C)c1nc(Cl)nc2nc[nH]c12. The van der Waals surface area contributed by atoms with Crippen LogP contribution in [-0.2, 0) is 4.74 Å². The molecule has 2 rings (SSSR count). The maximum absolute atomic E-state index is 5.88. The summed E-state index contributed by atoms with van der Waals surface area (Å²) in [4.78, 5) is 17.3. The second kappa shape index (κ2) is 5.49. The van der Waals surface area contributed by atoms with Crippen molar-refractivity contribution in [2.24, 2.45) is 0 Å². The summed E-state index contributed by atoms with van der Waals surface area (Å²) in [6.45, 7) is 5.37. The van der Waals surface area contributed by atoms with Gasteiger partial charge in [0.2, 0.25) is 5.28 Å². The van der Waals surface area contributed by atoms with Gasteiger partial charge in [-0.15, -0.1) is 0 Å². The zero-order chi connectivity index (χ0) is 13.1. The fourth-order valence-corrected chi connectivity index (χ4v) is 1.76. The lowest BCUT2D eigenvalue weighted by atomic mass is 10.4. The first-order valence-electron chi connectivity index (χ1n) is 5.77. The third-order valence-electron chi connectivity index (χ3n) is 2.48. The first-order valence-corrected chi connectivity index (χ1v) is 6.15. The number of aromatic nitrogens is 4. The monoisotopic (exact) mass is 269 g/mol. The minimum Gasteiger partial charge on any atom is -0.377 e. The molecule has 98 valence electrons. The van der Waals surface area contributed by atoms with E-state index < -0.39 is 0 Å². The summed E-state index contributed by atoms with van der Waals surface area (Å²) in [5.41, 5.74) is 1.35. The molecule has 18 heavy (non-hydrogen) atoms. The largest absolute Gasteiger partial charge is 0.377 e. The molecule has 0 radical (unpaired) electrons. The van der Waals surface area contributed by atoms with Crippen LogP contribution in [0.1, 0.15) is 13.8 Å². The van der Waals surface area contributed by atoms with Gasteiger partial charge in [0.25, 0.3) is 0 Å². The highest BCUT2D eigenvalue weighted by Crippen LogP contribution is 2.21. The van der Waals surface area contributed by atoms with E-state index in [9.17, 15) is 0 Å². The number of anilines is 1. The van der Waals surface area contributed by atoms with E-state index in [0.717, 1.165) is 17.9 Å².